The van der Waals surface area contributed by atoms with E-state index in [1.54, 1.807) is 0 Å². The molecule has 3 aromatic carbocycles. The lowest BCUT2D eigenvalue weighted by molar-refractivity contribution is -0.890. The zero-order valence-electron chi connectivity index (χ0n) is 20.7. The first-order valence-electron chi connectivity index (χ1n) is 11.5. The van der Waals surface area contributed by atoms with Crippen LogP contribution >= 0.6 is 0 Å². The van der Waals surface area contributed by atoms with Crippen molar-refractivity contribution in [3.05, 3.63) is 77.2 Å². The molecule has 0 fully saturated rings. The molecule has 0 aliphatic heterocycles. The number of hydrogen-bond acceptors (Lipinski definition) is 2. The lowest BCUT2D eigenvalue weighted by Crippen LogP contribution is -3.00. The first-order chi connectivity index (χ1) is 16.0. The van der Waals surface area contributed by atoms with Crippen molar-refractivity contribution in [1.82, 2.24) is 0 Å². The monoisotopic (exact) mass is 694 g/mol. The Kier molecular flexibility index (Phi) is 10.6. The van der Waals surface area contributed by atoms with Gasteiger partial charge in [-0.25, -0.2) is 0 Å². The molecule has 0 saturated carbocycles. The summed E-state index contributed by atoms with van der Waals surface area (Å²) < 4.78 is 3.44. The van der Waals surface area contributed by atoms with Gasteiger partial charge in [0.15, 0.2) is 6.54 Å². The van der Waals surface area contributed by atoms with Gasteiger partial charge in [0, 0.05) is 40.4 Å². The quantitative estimate of drug-likeness (QED) is 0.0544. The normalized spacial score (nSPS) is 10.9. The van der Waals surface area contributed by atoms with E-state index in [-0.39, 0.29) is 48.0 Å². The number of azide groups is 1. The molecule has 4 rings (SSSR count). The smallest absolute Gasteiger partial charge is 0.220 e. The molecule has 0 unspecified atom stereocenters. The van der Waals surface area contributed by atoms with Crippen LogP contribution in [0.1, 0.15) is 13.3 Å². The van der Waals surface area contributed by atoms with Crippen molar-refractivity contribution in [2.24, 2.45) is 5.11 Å². The van der Waals surface area contributed by atoms with Crippen molar-refractivity contribution in [3.63, 3.8) is 0 Å². The Labute approximate surface area is 241 Å². The predicted octanol–water partition coefficient (Wildman–Crippen LogP) is 0.425. The van der Waals surface area contributed by atoms with Crippen LogP contribution in [0.4, 0.5) is 11.4 Å². The summed E-state index contributed by atoms with van der Waals surface area (Å²) >= 11 is 0. The third-order valence-electron chi connectivity index (χ3n) is 6.60. The summed E-state index contributed by atoms with van der Waals surface area (Å²) in [7, 11) is 6.52. The molecule has 0 aliphatic rings. The minimum absolute atomic E-state index is 0. The first kappa shape index (κ1) is 29.1. The van der Waals surface area contributed by atoms with Gasteiger partial charge in [0.2, 0.25) is 11.2 Å². The molecule has 6 nitrogen and oxygen atoms in total. The van der Waals surface area contributed by atoms with E-state index in [1.165, 1.54) is 10.9 Å². The molecule has 1 aromatic heterocycles. The van der Waals surface area contributed by atoms with Crippen molar-refractivity contribution in [2.45, 2.75) is 19.9 Å². The summed E-state index contributed by atoms with van der Waals surface area (Å²) in [4.78, 5) is 3.02. The van der Waals surface area contributed by atoms with Crippen LogP contribution in [0.5, 0.6) is 0 Å². The van der Waals surface area contributed by atoms with Crippen LogP contribution in [-0.4, -0.2) is 38.7 Å². The lowest BCUT2D eigenvalue weighted by atomic mass is 9.98. The maximum atomic E-state index is 9.02. The summed E-state index contributed by atoms with van der Waals surface area (Å²) in [6, 6.07) is 23.1. The molecule has 1 heterocycles. The van der Waals surface area contributed by atoms with Gasteiger partial charge in [0.25, 0.3) is 0 Å². The fraction of sp³-hybridized carbons (Fsp3) is 0.296. The standard InChI is InChI=1S/C27H31N6.2HI/c1-5-33(3,4)17-9-16-32-26-19-21(29-2)12-15-24(26)23-14-13-22(30-31-28)18-25(23)27(32)20-10-7-6-8-11-20;;/h6-8,10-15,18-19H,5,9,16-17H2,1-4H3;2*1H/q+1;;/p-1. The van der Waals surface area contributed by atoms with E-state index in [0.29, 0.717) is 5.69 Å². The topological polar surface area (TPSA) is 64.7 Å². The lowest BCUT2D eigenvalue weighted by Gasteiger charge is -2.27. The number of anilines is 1. The highest BCUT2D eigenvalue weighted by molar-refractivity contribution is 6.10. The second-order valence-electron chi connectivity index (χ2n) is 9.10. The number of halogens is 2. The van der Waals surface area contributed by atoms with Crippen LogP contribution in [0.3, 0.4) is 0 Å². The van der Waals surface area contributed by atoms with Crippen LogP contribution in [0.25, 0.3) is 43.4 Å². The van der Waals surface area contributed by atoms with E-state index in [1.807, 2.05) is 25.2 Å². The molecule has 4 aromatic rings. The molecular formula is C27H32I2N6. The summed E-state index contributed by atoms with van der Waals surface area (Å²) in [5, 5.41) is 10.6. The highest BCUT2D eigenvalue weighted by Crippen LogP contribution is 2.34. The predicted molar refractivity (Wildman–Crippen MR) is 138 cm³/mol. The Hall–Kier alpha value is -2.14. The minimum Gasteiger partial charge on any atom is -1.00 e. The molecule has 0 atom stereocenters. The Bertz CT molecular complexity index is 1350. The fourth-order valence-corrected chi connectivity index (χ4v) is 4.44. The molecule has 1 N–H and O–H groups in total. The molecule has 35 heavy (non-hydrogen) atoms. The SMILES string of the molecule is CC[N+](C)(C)CCC[n+]1c(-c2ccccc2)c2cc(N=[N+]=[N-])ccc2c2ccc(NC)cc21.[I-].[I-]. The summed E-state index contributed by atoms with van der Waals surface area (Å²) in [5.74, 6) is 0. The molecule has 0 bridgehead atoms. The van der Waals surface area contributed by atoms with Crippen LogP contribution in [0, 0.1) is 0 Å². The Morgan fingerprint density at radius 1 is 0.943 bits per heavy atom. The van der Waals surface area contributed by atoms with E-state index in [2.05, 4.69) is 89.5 Å². The third-order valence-corrected chi connectivity index (χ3v) is 6.60. The molecule has 184 valence electrons. The average Bonchev–Trinajstić information content (AvgIpc) is 2.84. The molecule has 0 saturated heterocycles. The zero-order valence-corrected chi connectivity index (χ0v) is 25.0. The van der Waals surface area contributed by atoms with Gasteiger partial charge in [-0.05, 0) is 42.8 Å². The largest absolute Gasteiger partial charge is 1.00 e. The number of rotatable bonds is 8. The van der Waals surface area contributed by atoms with E-state index in [9.17, 15) is 0 Å². The number of nitrogens with zero attached hydrogens (tertiary/aromatic N) is 5. The summed E-state index contributed by atoms with van der Waals surface area (Å²) in [5.41, 5.74) is 14.2. The van der Waals surface area contributed by atoms with Gasteiger partial charge in [0.05, 0.1) is 44.4 Å². The highest BCUT2D eigenvalue weighted by Gasteiger charge is 2.24. The second kappa shape index (κ2) is 12.7. The summed E-state index contributed by atoms with van der Waals surface area (Å²) in [6.45, 7) is 5.34. The molecule has 0 spiro atoms. The molecule has 0 aliphatic carbocycles. The molecular weight excluding hydrogens is 662 g/mol. The van der Waals surface area contributed by atoms with Crippen molar-refractivity contribution >= 4 is 33.1 Å². The number of pyridine rings is 1. The zero-order chi connectivity index (χ0) is 23.4. The Morgan fingerprint density at radius 2 is 1.66 bits per heavy atom. The van der Waals surface area contributed by atoms with E-state index < -0.39 is 0 Å². The minimum atomic E-state index is 0. The second-order valence-corrected chi connectivity index (χ2v) is 9.10. The van der Waals surface area contributed by atoms with Crippen molar-refractivity contribution in [1.29, 1.82) is 0 Å². The molecule has 0 amide bonds. The summed E-state index contributed by atoms with van der Waals surface area (Å²) in [6.07, 6.45) is 1.06. The number of fused-ring (bicyclic) bond motifs is 3. The van der Waals surface area contributed by atoms with Gasteiger partial charge in [-0.1, -0.05) is 35.4 Å². The van der Waals surface area contributed by atoms with E-state index >= 15 is 0 Å². The molecule has 0 radical (unpaired) electrons. The van der Waals surface area contributed by atoms with Crippen molar-refractivity contribution in [3.8, 4) is 11.3 Å². The Morgan fingerprint density at radius 3 is 2.31 bits per heavy atom. The average molecular weight is 694 g/mol. The number of quaternary nitrogens is 1. The van der Waals surface area contributed by atoms with E-state index in [4.69, 9.17) is 5.53 Å². The van der Waals surface area contributed by atoms with Gasteiger partial charge in [-0.3, -0.25) is 0 Å². The van der Waals surface area contributed by atoms with Gasteiger partial charge in [-0.2, -0.15) is 4.57 Å². The number of benzene rings is 3. The van der Waals surface area contributed by atoms with Crippen molar-refractivity contribution < 1.29 is 57.0 Å². The maximum Gasteiger partial charge on any atom is 0.220 e. The number of aromatic nitrogens is 1. The van der Waals surface area contributed by atoms with Gasteiger partial charge in [0.1, 0.15) is 0 Å². The first-order valence-corrected chi connectivity index (χ1v) is 11.5. The highest BCUT2D eigenvalue weighted by atomic mass is 127. The van der Waals surface area contributed by atoms with Gasteiger partial charge in [-0.15, -0.1) is 0 Å². The molecule has 8 heteroatoms. The van der Waals surface area contributed by atoms with Crippen LogP contribution in [0.2, 0.25) is 0 Å². The van der Waals surface area contributed by atoms with E-state index in [0.717, 1.165) is 58.3 Å². The van der Waals surface area contributed by atoms with Crippen LogP contribution in [-0.2, 0) is 6.54 Å². The van der Waals surface area contributed by atoms with Gasteiger partial charge < -0.3 is 57.8 Å². The van der Waals surface area contributed by atoms with Crippen LogP contribution < -0.4 is 57.8 Å². The maximum absolute atomic E-state index is 9.02. The number of nitrogens with one attached hydrogen (secondary N) is 1. The van der Waals surface area contributed by atoms with Crippen LogP contribution in [0.15, 0.2) is 71.8 Å². The van der Waals surface area contributed by atoms with Crippen molar-refractivity contribution in [2.75, 3.05) is 39.5 Å². The Balaban J connectivity index is 0.00000216. The fourth-order valence-electron chi connectivity index (χ4n) is 4.44. The third kappa shape index (κ3) is 6.35. The number of hydrogen-bond donors (Lipinski definition) is 1. The van der Waals surface area contributed by atoms with Gasteiger partial charge >= 0.3 is 0 Å². The number of aryl methyl sites for hydroxylation is 1.